The van der Waals surface area contributed by atoms with Gasteiger partial charge < -0.3 is 13.6 Å². The van der Waals surface area contributed by atoms with Gasteiger partial charge in [-0.2, -0.15) is 10.5 Å². The van der Waals surface area contributed by atoms with Crippen LogP contribution in [0.1, 0.15) is 11.1 Å². The van der Waals surface area contributed by atoms with Gasteiger partial charge in [0.05, 0.1) is 55.7 Å². The standard InChI is InChI=1S/C50H28N4O/c51-29-31-11-10-14-37(27-31)53-42-18-7-4-15-38(42)45-48(53)47-40-17-6-9-20-44(40)55-50(47)46-39-16-5-8-19-43(39)54(49(45)46)41-26-25-35(28-36(41)30-52)34-23-21-33(22-24-34)32-12-2-1-3-13-32/h1-28H. The Morgan fingerprint density at radius 1 is 0.436 bits per heavy atom. The summed E-state index contributed by atoms with van der Waals surface area (Å²) in [5.41, 5.74) is 12.7. The lowest BCUT2D eigenvalue weighted by Crippen LogP contribution is -1.99. The predicted molar refractivity (Wildman–Crippen MR) is 223 cm³/mol. The summed E-state index contributed by atoms with van der Waals surface area (Å²) in [6.45, 7) is 0. The highest BCUT2D eigenvalue weighted by molar-refractivity contribution is 6.39. The normalized spacial score (nSPS) is 11.6. The molecule has 0 spiro atoms. The van der Waals surface area contributed by atoms with Crippen LogP contribution < -0.4 is 0 Å². The van der Waals surface area contributed by atoms with Crippen molar-refractivity contribution in [3.05, 3.63) is 181 Å². The Morgan fingerprint density at radius 2 is 1.02 bits per heavy atom. The molecule has 0 aliphatic heterocycles. The Bertz CT molecular complexity index is 3440. The first-order valence-electron chi connectivity index (χ1n) is 18.2. The van der Waals surface area contributed by atoms with Crippen molar-refractivity contribution >= 4 is 65.6 Å². The smallest absolute Gasteiger partial charge is 0.147 e. The lowest BCUT2D eigenvalue weighted by Gasteiger charge is -2.14. The van der Waals surface area contributed by atoms with Crippen molar-refractivity contribution in [1.82, 2.24) is 9.13 Å². The number of furan rings is 1. The molecule has 55 heavy (non-hydrogen) atoms. The van der Waals surface area contributed by atoms with Crippen LogP contribution in [0.4, 0.5) is 0 Å². The van der Waals surface area contributed by atoms with Crippen LogP contribution in [0.5, 0.6) is 0 Å². The molecular formula is C50H28N4O. The zero-order valence-electron chi connectivity index (χ0n) is 29.4. The first-order valence-corrected chi connectivity index (χ1v) is 18.2. The second-order valence-corrected chi connectivity index (χ2v) is 13.9. The quantitative estimate of drug-likeness (QED) is 0.183. The molecule has 0 saturated carbocycles. The van der Waals surface area contributed by atoms with Crippen LogP contribution >= 0.6 is 0 Å². The molecular weight excluding hydrogens is 673 g/mol. The highest BCUT2D eigenvalue weighted by Crippen LogP contribution is 2.49. The fraction of sp³-hybridized carbons (Fsp3) is 0. The summed E-state index contributed by atoms with van der Waals surface area (Å²) in [5, 5.41) is 27.0. The maximum Gasteiger partial charge on any atom is 0.147 e. The third-order valence-electron chi connectivity index (χ3n) is 11.0. The van der Waals surface area contributed by atoms with E-state index in [0.717, 1.165) is 99.2 Å². The number of benzene rings is 8. The molecule has 254 valence electrons. The first kappa shape index (κ1) is 30.7. The third-order valence-corrected chi connectivity index (χ3v) is 11.0. The average molecular weight is 701 g/mol. The third kappa shape index (κ3) is 4.45. The highest BCUT2D eigenvalue weighted by atomic mass is 16.3. The summed E-state index contributed by atoms with van der Waals surface area (Å²) >= 11 is 0. The van der Waals surface area contributed by atoms with Crippen LogP contribution in [0.25, 0.3) is 99.2 Å². The van der Waals surface area contributed by atoms with Crippen LogP contribution in [0.3, 0.4) is 0 Å². The Labute approximate surface area is 315 Å². The zero-order valence-corrected chi connectivity index (χ0v) is 29.4. The van der Waals surface area contributed by atoms with Gasteiger partial charge in [0.2, 0.25) is 0 Å². The summed E-state index contributed by atoms with van der Waals surface area (Å²) < 4.78 is 11.4. The van der Waals surface area contributed by atoms with E-state index in [1.54, 1.807) is 0 Å². The monoisotopic (exact) mass is 700 g/mol. The lowest BCUT2D eigenvalue weighted by molar-refractivity contribution is 0.673. The van der Waals surface area contributed by atoms with Gasteiger partial charge in [-0.05, 0) is 70.8 Å². The lowest BCUT2D eigenvalue weighted by atomic mass is 9.98. The number of aromatic nitrogens is 2. The Hall–Kier alpha value is -7.86. The molecule has 3 aromatic heterocycles. The highest BCUT2D eigenvalue weighted by Gasteiger charge is 2.28. The summed E-state index contributed by atoms with van der Waals surface area (Å²) in [5.74, 6) is 0. The van der Waals surface area contributed by atoms with Crippen molar-refractivity contribution in [2.45, 2.75) is 0 Å². The van der Waals surface area contributed by atoms with Gasteiger partial charge in [-0.25, -0.2) is 0 Å². The molecule has 11 aromatic rings. The Balaban J connectivity index is 1.27. The molecule has 0 saturated heterocycles. The van der Waals surface area contributed by atoms with Gasteiger partial charge in [0, 0.05) is 27.2 Å². The van der Waals surface area contributed by atoms with Gasteiger partial charge >= 0.3 is 0 Å². The van der Waals surface area contributed by atoms with E-state index in [0.29, 0.717) is 11.1 Å². The SMILES string of the molecule is N#Cc1cccc(-n2c3ccccc3c3c4c(c5ccccc5n4-c4ccc(-c5ccc(-c6ccccc6)cc5)cc4C#N)c4oc5ccccc5c4c32)c1. The maximum absolute atomic E-state index is 10.9. The second kappa shape index (κ2) is 11.8. The molecule has 3 heterocycles. The van der Waals surface area contributed by atoms with E-state index in [2.05, 4.69) is 137 Å². The molecule has 0 aliphatic carbocycles. The van der Waals surface area contributed by atoms with Gasteiger partial charge in [-0.1, -0.05) is 121 Å². The molecule has 0 amide bonds. The molecule has 8 aromatic carbocycles. The number of rotatable bonds is 4. The Kier molecular flexibility index (Phi) is 6.61. The number of fused-ring (bicyclic) bond motifs is 12. The number of para-hydroxylation sites is 3. The van der Waals surface area contributed by atoms with Crippen LogP contribution in [-0.2, 0) is 0 Å². The van der Waals surface area contributed by atoms with Crippen molar-refractivity contribution in [2.24, 2.45) is 0 Å². The van der Waals surface area contributed by atoms with E-state index in [9.17, 15) is 10.5 Å². The molecule has 5 nitrogen and oxygen atoms in total. The second-order valence-electron chi connectivity index (χ2n) is 13.9. The minimum atomic E-state index is 0.565. The minimum absolute atomic E-state index is 0.565. The minimum Gasteiger partial charge on any atom is -0.455 e. The summed E-state index contributed by atoms with van der Waals surface area (Å²) in [6.07, 6.45) is 0. The summed E-state index contributed by atoms with van der Waals surface area (Å²) in [7, 11) is 0. The number of hydrogen-bond donors (Lipinski definition) is 0. The molecule has 0 fully saturated rings. The van der Waals surface area contributed by atoms with Crippen LogP contribution in [0.2, 0.25) is 0 Å². The van der Waals surface area contributed by atoms with Crippen molar-refractivity contribution in [3.63, 3.8) is 0 Å². The fourth-order valence-corrected chi connectivity index (χ4v) is 8.60. The molecule has 0 unspecified atom stereocenters. The van der Waals surface area contributed by atoms with Crippen LogP contribution in [-0.4, -0.2) is 9.13 Å². The van der Waals surface area contributed by atoms with Crippen molar-refractivity contribution < 1.29 is 4.42 Å². The average Bonchev–Trinajstić information content (AvgIpc) is 3.92. The zero-order chi connectivity index (χ0) is 36.6. The molecule has 5 heteroatoms. The van der Waals surface area contributed by atoms with E-state index in [-0.39, 0.29) is 0 Å². The van der Waals surface area contributed by atoms with E-state index < -0.39 is 0 Å². The molecule has 0 aliphatic rings. The van der Waals surface area contributed by atoms with Crippen LogP contribution in [0.15, 0.2) is 174 Å². The number of nitrogens with zero attached hydrogens (tertiary/aromatic N) is 4. The summed E-state index contributed by atoms with van der Waals surface area (Å²) in [6, 6.07) is 62.8. The van der Waals surface area contributed by atoms with Gasteiger partial charge in [0.1, 0.15) is 17.2 Å². The van der Waals surface area contributed by atoms with Gasteiger partial charge in [0.25, 0.3) is 0 Å². The molecule has 0 N–H and O–H groups in total. The van der Waals surface area contributed by atoms with Crippen molar-refractivity contribution in [1.29, 1.82) is 10.5 Å². The predicted octanol–water partition coefficient (Wildman–Crippen LogP) is 12.9. The van der Waals surface area contributed by atoms with Gasteiger partial charge in [0.15, 0.2) is 0 Å². The molecule has 0 radical (unpaired) electrons. The van der Waals surface area contributed by atoms with E-state index >= 15 is 0 Å². The van der Waals surface area contributed by atoms with Crippen molar-refractivity contribution in [3.8, 4) is 45.8 Å². The van der Waals surface area contributed by atoms with Gasteiger partial charge in [-0.3, -0.25) is 0 Å². The maximum atomic E-state index is 10.9. The van der Waals surface area contributed by atoms with Gasteiger partial charge in [-0.15, -0.1) is 0 Å². The largest absolute Gasteiger partial charge is 0.455 e. The Morgan fingerprint density at radius 3 is 1.76 bits per heavy atom. The van der Waals surface area contributed by atoms with E-state index in [1.807, 2.05) is 54.6 Å². The van der Waals surface area contributed by atoms with E-state index in [4.69, 9.17) is 4.42 Å². The van der Waals surface area contributed by atoms with Crippen molar-refractivity contribution in [2.75, 3.05) is 0 Å². The fourth-order valence-electron chi connectivity index (χ4n) is 8.60. The molecule has 0 atom stereocenters. The number of hydrogen-bond acceptors (Lipinski definition) is 3. The molecule has 11 rings (SSSR count). The first-order chi connectivity index (χ1) is 27.2. The van der Waals surface area contributed by atoms with E-state index in [1.165, 1.54) is 0 Å². The topological polar surface area (TPSA) is 70.6 Å². The number of nitriles is 2. The molecule has 0 bridgehead atoms. The summed E-state index contributed by atoms with van der Waals surface area (Å²) in [4.78, 5) is 0. The van der Waals surface area contributed by atoms with Crippen LogP contribution in [0, 0.1) is 22.7 Å².